The Morgan fingerprint density at radius 2 is 1.86 bits per heavy atom. The van der Waals surface area contributed by atoms with Crippen LogP contribution in [-0.2, 0) is 11.2 Å². The summed E-state index contributed by atoms with van der Waals surface area (Å²) in [7, 11) is 0. The predicted molar refractivity (Wildman–Crippen MR) is 59.7 cm³/mol. The van der Waals surface area contributed by atoms with Gasteiger partial charge in [0.05, 0.1) is 0 Å². The minimum atomic E-state index is 0.267. The fourth-order valence-corrected chi connectivity index (χ4v) is 1.70. The van der Waals surface area contributed by atoms with Gasteiger partial charge in [-0.3, -0.25) is 0 Å². The van der Waals surface area contributed by atoms with Gasteiger partial charge in [-0.2, -0.15) is 0 Å². The van der Waals surface area contributed by atoms with Crippen LogP contribution in [0, 0.1) is 20.8 Å². The summed E-state index contributed by atoms with van der Waals surface area (Å²) < 4.78 is 0. The van der Waals surface area contributed by atoms with Crippen molar-refractivity contribution in [3.8, 4) is 0 Å². The highest BCUT2D eigenvalue weighted by Gasteiger charge is 2.03. The molecule has 0 spiro atoms. The van der Waals surface area contributed by atoms with E-state index in [4.69, 9.17) is 0 Å². The van der Waals surface area contributed by atoms with Crippen LogP contribution in [0.3, 0.4) is 0 Å². The van der Waals surface area contributed by atoms with Crippen molar-refractivity contribution in [2.24, 2.45) is 0 Å². The molecule has 0 heterocycles. The molecule has 14 heavy (non-hydrogen) atoms. The van der Waals surface area contributed by atoms with E-state index in [-0.39, 0.29) is 5.78 Å². The van der Waals surface area contributed by atoms with E-state index in [1.165, 1.54) is 22.3 Å². The minimum absolute atomic E-state index is 0.267. The number of carbonyl (C=O) groups excluding carboxylic acids is 1. The summed E-state index contributed by atoms with van der Waals surface area (Å²) in [6, 6.07) is 4.37. The molecule has 1 aromatic rings. The Bertz CT molecular complexity index is 350. The number of hydrogen-bond acceptors (Lipinski definition) is 1. The van der Waals surface area contributed by atoms with E-state index in [2.05, 4.69) is 32.9 Å². The predicted octanol–water partition coefficient (Wildman–Crippen LogP) is 3.13. The molecule has 0 aromatic heterocycles. The fraction of sp³-hybridized carbons (Fsp3) is 0.462. The Morgan fingerprint density at radius 3 is 2.43 bits per heavy atom. The Kier molecular flexibility index (Phi) is 3.45. The second-order valence-electron chi connectivity index (χ2n) is 4.07. The fourth-order valence-electron chi connectivity index (χ4n) is 1.70. The first-order valence-electron chi connectivity index (χ1n) is 5.07. The van der Waals surface area contributed by atoms with Crippen molar-refractivity contribution in [2.45, 2.75) is 40.5 Å². The number of benzene rings is 1. The van der Waals surface area contributed by atoms with Crippen molar-refractivity contribution in [3.05, 3.63) is 34.4 Å². The van der Waals surface area contributed by atoms with E-state index in [1.807, 2.05) is 0 Å². The lowest BCUT2D eigenvalue weighted by atomic mass is 9.96. The molecule has 0 aliphatic rings. The molecule has 76 valence electrons. The first-order chi connectivity index (χ1) is 6.50. The topological polar surface area (TPSA) is 17.1 Å². The molecule has 1 aromatic carbocycles. The first kappa shape index (κ1) is 11.0. The zero-order chi connectivity index (χ0) is 10.7. The van der Waals surface area contributed by atoms with Crippen LogP contribution in [0.4, 0.5) is 0 Å². The monoisotopic (exact) mass is 190 g/mol. The summed E-state index contributed by atoms with van der Waals surface area (Å²) in [6.45, 7) is 8.01. The van der Waals surface area contributed by atoms with E-state index in [0.717, 1.165) is 6.42 Å². The van der Waals surface area contributed by atoms with E-state index in [1.54, 1.807) is 6.92 Å². The maximum absolute atomic E-state index is 10.9. The average molecular weight is 190 g/mol. The molecule has 0 atom stereocenters. The molecule has 1 nitrogen and oxygen atoms in total. The molecule has 0 unspecified atom stereocenters. The highest BCUT2D eigenvalue weighted by atomic mass is 16.1. The van der Waals surface area contributed by atoms with Crippen molar-refractivity contribution in [1.82, 2.24) is 0 Å². The molecule has 0 saturated heterocycles. The molecular weight excluding hydrogens is 172 g/mol. The highest BCUT2D eigenvalue weighted by molar-refractivity contribution is 5.75. The summed E-state index contributed by atoms with van der Waals surface area (Å²) in [5, 5.41) is 0. The molecule has 0 radical (unpaired) electrons. The molecule has 1 rings (SSSR count). The van der Waals surface area contributed by atoms with Gasteiger partial charge in [-0.1, -0.05) is 17.7 Å². The van der Waals surface area contributed by atoms with Gasteiger partial charge in [0, 0.05) is 6.42 Å². The van der Waals surface area contributed by atoms with Gasteiger partial charge in [-0.15, -0.1) is 0 Å². The largest absolute Gasteiger partial charge is 0.300 e. The van der Waals surface area contributed by atoms with Crippen LogP contribution >= 0.6 is 0 Å². The van der Waals surface area contributed by atoms with Gasteiger partial charge in [0.1, 0.15) is 5.78 Å². The van der Waals surface area contributed by atoms with Gasteiger partial charge < -0.3 is 4.79 Å². The SMILES string of the molecule is CC(=O)CCc1cc(C)cc(C)c1C. The van der Waals surface area contributed by atoms with Crippen LogP contribution in [0.5, 0.6) is 0 Å². The van der Waals surface area contributed by atoms with Gasteiger partial charge in [-0.05, 0) is 50.8 Å². The zero-order valence-corrected chi connectivity index (χ0v) is 9.48. The number of hydrogen-bond donors (Lipinski definition) is 0. The van der Waals surface area contributed by atoms with Crippen molar-refractivity contribution in [2.75, 3.05) is 0 Å². The third-order valence-electron chi connectivity index (χ3n) is 2.67. The highest BCUT2D eigenvalue weighted by Crippen LogP contribution is 2.17. The van der Waals surface area contributed by atoms with Crippen molar-refractivity contribution in [1.29, 1.82) is 0 Å². The van der Waals surface area contributed by atoms with Crippen LogP contribution < -0.4 is 0 Å². The van der Waals surface area contributed by atoms with E-state index >= 15 is 0 Å². The lowest BCUT2D eigenvalue weighted by molar-refractivity contribution is -0.116. The molecule has 1 heteroatoms. The molecule has 0 N–H and O–H groups in total. The van der Waals surface area contributed by atoms with E-state index in [0.29, 0.717) is 6.42 Å². The maximum atomic E-state index is 10.9. The minimum Gasteiger partial charge on any atom is -0.300 e. The van der Waals surface area contributed by atoms with E-state index in [9.17, 15) is 4.79 Å². The maximum Gasteiger partial charge on any atom is 0.130 e. The molecule has 0 fully saturated rings. The third-order valence-corrected chi connectivity index (χ3v) is 2.67. The van der Waals surface area contributed by atoms with Gasteiger partial charge in [-0.25, -0.2) is 0 Å². The van der Waals surface area contributed by atoms with Gasteiger partial charge >= 0.3 is 0 Å². The van der Waals surface area contributed by atoms with Crippen LogP contribution in [0.25, 0.3) is 0 Å². The molecule has 0 saturated carbocycles. The third kappa shape index (κ3) is 2.69. The summed E-state index contributed by atoms with van der Waals surface area (Å²) in [5.74, 6) is 0.267. The Labute approximate surface area is 86.1 Å². The van der Waals surface area contributed by atoms with Crippen LogP contribution in [0.1, 0.15) is 35.6 Å². The van der Waals surface area contributed by atoms with Crippen LogP contribution in [0.2, 0.25) is 0 Å². The van der Waals surface area contributed by atoms with Crippen molar-refractivity contribution < 1.29 is 4.79 Å². The zero-order valence-electron chi connectivity index (χ0n) is 9.48. The number of rotatable bonds is 3. The standard InChI is InChI=1S/C13H18O/c1-9-7-10(2)12(4)13(8-9)6-5-11(3)14/h7-8H,5-6H2,1-4H3. The number of ketones is 1. The molecule has 0 aliphatic carbocycles. The number of carbonyl (C=O) groups is 1. The number of Topliss-reactive ketones (excluding diaryl/α,β-unsaturated/α-hetero) is 1. The smallest absolute Gasteiger partial charge is 0.130 e. The number of aryl methyl sites for hydroxylation is 3. The Hall–Kier alpha value is -1.11. The lowest BCUT2D eigenvalue weighted by Gasteiger charge is -2.09. The molecule has 0 bridgehead atoms. The Balaban J connectivity index is 2.90. The van der Waals surface area contributed by atoms with Gasteiger partial charge in [0.2, 0.25) is 0 Å². The molecule has 0 aliphatic heterocycles. The first-order valence-corrected chi connectivity index (χ1v) is 5.07. The van der Waals surface area contributed by atoms with Crippen molar-refractivity contribution >= 4 is 5.78 Å². The second-order valence-corrected chi connectivity index (χ2v) is 4.07. The van der Waals surface area contributed by atoms with Crippen molar-refractivity contribution in [3.63, 3.8) is 0 Å². The molecular formula is C13H18O. The Morgan fingerprint density at radius 1 is 1.21 bits per heavy atom. The van der Waals surface area contributed by atoms with E-state index < -0.39 is 0 Å². The van der Waals surface area contributed by atoms with Gasteiger partial charge in [0.25, 0.3) is 0 Å². The second kappa shape index (κ2) is 4.41. The normalized spacial score (nSPS) is 10.3. The summed E-state index contributed by atoms with van der Waals surface area (Å²) in [6.07, 6.45) is 1.54. The van der Waals surface area contributed by atoms with Gasteiger partial charge in [0.15, 0.2) is 0 Å². The quantitative estimate of drug-likeness (QED) is 0.715. The summed E-state index contributed by atoms with van der Waals surface area (Å²) in [4.78, 5) is 10.9. The lowest BCUT2D eigenvalue weighted by Crippen LogP contribution is -1.98. The summed E-state index contributed by atoms with van der Waals surface area (Å²) >= 11 is 0. The van der Waals surface area contributed by atoms with Crippen LogP contribution in [-0.4, -0.2) is 5.78 Å². The van der Waals surface area contributed by atoms with Crippen LogP contribution in [0.15, 0.2) is 12.1 Å². The molecule has 0 amide bonds. The summed E-state index contributed by atoms with van der Waals surface area (Å²) in [5.41, 5.74) is 5.25. The average Bonchev–Trinajstić information content (AvgIpc) is 2.08.